The maximum absolute atomic E-state index is 13.5. The van der Waals surface area contributed by atoms with Gasteiger partial charge in [-0.1, -0.05) is 81.7 Å². The van der Waals surface area contributed by atoms with E-state index >= 15 is 0 Å². The first-order valence-electron chi connectivity index (χ1n) is 10.9. The SMILES string of the molecule is C=Cc1ccc(-c2ccc(C3CCC(CCCCC)CC3)cc2)c(C(F)(F)F)c1. The molecule has 1 saturated carbocycles. The minimum absolute atomic E-state index is 0.231. The first kappa shape index (κ1) is 21.7. The zero-order valence-electron chi connectivity index (χ0n) is 17.3. The monoisotopic (exact) mass is 400 g/mol. The Hall–Kier alpha value is -2.03. The van der Waals surface area contributed by atoms with E-state index in [-0.39, 0.29) is 5.56 Å². The van der Waals surface area contributed by atoms with Crippen molar-refractivity contribution in [3.05, 3.63) is 65.7 Å². The minimum Gasteiger partial charge on any atom is -0.166 e. The fraction of sp³-hybridized carbons (Fsp3) is 0.462. The Kier molecular flexibility index (Phi) is 7.21. The Labute approximate surface area is 172 Å². The van der Waals surface area contributed by atoms with Crippen LogP contribution in [-0.2, 0) is 6.18 Å². The van der Waals surface area contributed by atoms with Crippen LogP contribution < -0.4 is 0 Å². The molecule has 1 aliphatic rings. The molecule has 1 fully saturated rings. The molecule has 2 aromatic carbocycles. The molecule has 29 heavy (non-hydrogen) atoms. The molecule has 1 aliphatic carbocycles. The van der Waals surface area contributed by atoms with Crippen molar-refractivity contribution in [3.8, 4) is 11.1 Å². The van der Waals surface area contributed by atoms with Crippen LogP contribution in [0, 0.1) is 5.92 Å². The Morgan fingerprint density at radius 1 is 0.966 bits per heavy atom. The minimum atomic E-state index is -4.39. The zero-order chi connectivity index (χ0) is 20.9. The van der Waals surface area contributed by atoms with E-state index in [9.17, 15) is 13.2 Å². The fourth-order valence-electron chi connectivity index (χ4n) is 4.58. The van der Waals surface area contributed by atoms with Gasteiger partial charge in [0.1, 0.15) is 0 Å². The summed E-state index contributed by atoms with van der Waals surface area (Å²) in [6.45, 7) is 5.82. The predicted molar refractivity (Wildman–Crippen MR) is 116 cm³/mol. The molecular formula is C26H31F3. The number of unbranched alkanes of at least 4 members (excludes halogenated alkanes) is 2. The van der Waals surface area contributed by atoms with Crippen molar-refractivity contribution < 1.29 is 13.2 Å². The molecule has 0 heterocycles. The smallest absolute Gasteiger partial charge is 0.166 e. The summed E-state index contributed by atoms with van der Waals surface area (Å²) in [4.78, 5) is 0. The highest BCUT2D eigenvalue weighted by Crippen LogP contribution is 2.40. The van der Waals surface area contributed by atoms with Crippen LogP contribution in [0.2, 0.25) is 0 Å². The highest BCUT2D eigenvalue weighted by molar-refractivity contribution is 5.70. The van der Waals surface area contributed by atoms with Crippen molar-refractivity contribution in [2.24, 2.45) is 5.92 Å². The summed E-state index contributed by atoms with van der Waals surface area (Å²) < 4.78 is 40.6. The first-order valence-corrected chi connectivity index (χ1v) is 10.9. The molecule has 3 heteroatoms. The topological polar surface area (TPSA) is 0 Å². The number of benzene rings is 2. The van der Waals surface area contributed by atoms with Gasteiger partial charge in [0.15, 0.2) is 0 Å². The first-order chi connectivity index (χ1) is 13.9. The Balaban J connectivity index is 1.71. The normalized spacial score (nSPS) is 19.9. The van der Waals surface area contributed by atoms with E-state index < -0.39 is 11.7 Å². The lowest BCUT2D eigenvalue weighted by atomic mass is 9.77. The predicted octanol–water partition coefficient (Wildman–Crippen LogP) is 8.87. The van der Waals surface area contributed by atoms with Gasteiger partial charge in [-0.2, -0.15) is 13.2 Å². The molecule has 0 nitrogen and oxygen atoms in total. The largest absolute Gasteiger partial charge is 0.417 e. The van der Waals surface area contributed by atoms with Gasteiger partial charge in [0.25, 0.3) is 0 Å². The van der Waals surface area contributed by atoms with Crippen molar-refractivity contribution in [2.45, 2.75) is 70.4 Å². The Morgan fingerprint density at radius 2 is 1.66 bits per heavy atom. The van der Waals surface area contributed by atoms with Gasteiger partial charge in [0, 0.05) is 0 Å². The van der Waals surface area contributed by atoms with Crippen LogP contribution in [0.25, 0.3) is 17.2 Å². The van der Waals surface area contributed by atoms with Gasteiger partial charge in [0.2, 0.25) is 0 Å². The summed E-state index contributed by atoms with van der Waals surface area (Å²) in [6, 6.07) is 12.2. The van der Waals surface area contributed by atoms with Crippen LogP contribution in [0.15, 0.2) is 49.0 Å². The third kappa shape index (κ3) is 5.52. The standard InChI is InChI=1S/C26H31F3/c1-3-5-6-7-20-8-11-21(12-9-20)22-13-15-23(16-14-22)24-17-10-19(4-2)18-25(24)26(27,28)29/h4,10,13-18,20-21H,2-3,5-9,11-12H2,1H3. The molecule has 0 spiro atoms. The summed E-state index contributed by atoms with van der Waals surface area (Å²) in [5, 5.41) is 0. The van der Waals surface area contributed by atoms with Crippen LogP contribution in [0.5, 0.6) is 0 Å². The summed E-state index contributed by atoms with van der Waals surface area (Å²) in [5.41, 5.74) is 1.99. The van der Waals surface area contributed by atoms with Crippen molar-refractivity contribution in [2.75, 3.05) is 0 Å². The number of alkyl halides is 3. The molecule has 0 N–H and O–H groups in total. The summed E-state index contributed by atoms with van der Waals surface area (Å²) in [5.74, 6) is 1.39. The maximum Gasteiger partial charge on any atom is 0.417 e. The van der Waals surface area contributed by atoms with E-state index in [0.717, 1.165) is 5.92 Å². The third-order valence-corrected chi connectivity index (χ3v) is 6.34. The summed E-state index contributed by atoms with van der Waals surface area (Å²) >= 11 is 0. The lowest BCUT2D eigenvalue weighted by Gasteiger charge is -2.29. The summed E-state index contributed by atoms with van der Waals surface area (Å²) in [7, 11) is 0. The van der Waals surface area contributed by atoms with E-state index in [1.165, 1.54) is 69.1 Å². The molecule has 156 valence electrons. The van der Waals surface area contributed by atoms with Gasteiger partial charge in [-0.05, 0) is 65.8 Å². The molecule has 0 aliphatic heterocycles. The molecule has 2 aromatic rings. The lowest BCUT2D eigenvalue weighted by Crippen LogP contribution is -2.13. The van der Waals surface area contributed by atoms with Crippen molar-refractivity contribution in [1.29, 1.82) is 0 Å². The molecule has 3 rings (SSSR count). The van der Waals surface area contributed by atoms with E-state index in [4.69, 9.17) is 0 Å². The highest BCUT2D eigenvalue weighted by Gasteiger charge is 2.34. The van der Waals surface area contributed by atoms with Gasteiger partial charge in [0.05, 0.1) is 5.56 Å². The van der Waals surface area contributed by atoms with Crippen LogP contribution in [0.3, 0.4) is 0 Å². The maximum atomic E-state index is 13.5. The van der Waals surface area contributed by atoms with E-state index in [0.29, 0.717) is 17.0 Å². The van der Waals surface area contributed by atoms with Gasteiger partial charge in [-0.3, -0.25) is 0 Å². The van der Waals surface area contributed by atoms with Crippen molar-refractivity contribution >= 4 is 6.08 Å². The molecule has 0 saturated heterocycles. The van der Waals surface area contributed by atoms with E-state index in [1.807, 2.05) is 24.3 Å². The molecule has 0 atom stereocenters. The van der Waals surface area contributed by atoms with Crippen LogP contribution >= 0.6 is 0 Å². The molecular weight excluding hydrogens is 369 g/mol. The summed E-state index contributed by atoms with van der Waals surface area (Å²) in [6.07, 6.45) is 7.28. The third-order valence-electron chi connectivity index (χ3n) is 6.34. The van der Waals surface area contributed by atoms with Gasteiger partial charge < -0.3 is 0 Å². The van der Waals surface area contributed by atoms with Crippen LogP contribution in [0.4, 0.5) is 13.2 Å². The van der Waals surface area contributed by atoms with Crippen LogP contribution in [0.1, 0.15) is 80.9 Å². The number of hydrogen-bond acceptors (Lipinski definition) is 0. The van der Waals surface area contributed by atoms with Gasteiger partial charge in [-0.25, -0.2) is 0 Å². The molecule has 0 amide bonds. The molecule has 0 aromatic heterocycles. The second-order valence-corrected chi connectivity index (χ2v) is 8.34. The van der Waals surface area contributed by atoms with E-state index in [1.54, 1.807) is 12.1 Å². The average molecular weight is 401 g/mol. The van der Waals surface area contributed by atoms with Crippen molar-refractivity contribution in [1.82, 2.24) is 0 Å². The molecule has 0 radical (unpaired) electrons. The number of hydrogen-bond donors (Lipinski definition) is 0. The quantitative estimate of drug-likeness (QED) is 0.407. The zero-order valence-corrected chi connectivity index (χ0v) is 17.3. The van der Waals surface area contributed by atoms with Gasteiger partial charge in [-0.15, -0.1) is 0 Å². The molecule has 0 bridgehead atoms. The second-order valence-electron chi connectivity index (χ2n) is 8.34. The van der Waals surface area contributed by atoms with Crippen molar-refractivity contribution in [3.63, 3.8) is 0 Å². The highest BCUT2D eigenvalue weighted by atomic mass is 19.4. The Morgan fingerprint density at radius 3 is 2.24 bits per heavy atom. The van der Waals surface area contributed by atoms with Gasteiger partial charge >= 0.3 is 6.18 Å². The average Bonchev–Trinajstić information content (AvgIpc) is 2.73. The fourth-order valence-corrected chi connectivity index (χ4v) is 4.58. The second kappa shape index (κ2) is 9.65. The van der Waals surface area contributed by atoms with E-state index in [2.05, 4.69) is 13.5 Å². The lowest BCUT2D eigenvalue weighted by molar-refractivity contribution is -0.137. The number of rotatable bonds is 7. The Bertz CT molecular complexity index is 794. The number of halogens is 3. The van der Waals surface area contributed by atoms with Crippen LogP contribution in [-0.4, -0.2) is 0 Å². The molecule has 0 unspecified atom stereocenters.